The summed E-state index contributed by atoms with van der Waals surface area (Å²) < 4.78 is 0. The number of hydrogen-bond donors (Lipinski definition) is 1. The maximum absolute atomic E-state index is 4.35. The van der Waals surface area contributed by atoms with Gasteiger partial charge in [-0.25, -0.2) is 4.98 Å². The van der Waals surface area contributed by atoms with E-state index in [0.717, 1.165) is 31.2 Å². The number of pyridine rings is 1. The standard InChI is InChI=1S/C14H18N4S/c1-11-17-8-13(19-11)10-18-7-6-16-9-14(18)12-2-4-15-5-3-12/h2-5,8,14,16H,6-7,9-10H2,1H3. The molecule has 1 unspecified atom stereocenters. The van der Waals surface area contributed by atoms with E-state index < -0.39 is 0 Å². The number of thiazole rings is 1. The van der Waals surface area contributed by atoms with Gasteiger partial charge in [0.1, 0.15) is 0 Å². The Morgan fingerprint density at radius 2 is 2.26 bits per heavy atom. The molecular weight excluding hydrogens is 256 g/mol. The normalized spacial score (nSPS) is 20.6. The summed E-state index contributed by atoms with van der Waals surface area (Å²) in [6.07, 6.45) is 5.75. The Hall–Kier alpha value is -1.30. The van der Waals surface area contributed by atoms with Crippen LogP contribution < -0.4 is 5.32 Å². The number of aromatic nitrogens is 2. The van der Waals surface area contributed by atoms with Crippen LogP contribution in [-0.2, 0) is 6.54 Å². The average molecular weight is 274 g/mol. The van der Waals surface area contributed by atoms with Gasteiger partial charge in [-0.3, -0.25) is 9.88 Å². The summed E-state index contributed by atoms with van der Waals surface area (Å²) in [6.45, 7) is 6.18. The van der Waals surface area contributed by atoms with E-state index in [1.54, 1.807) is 11.3 Å². The molecule has 0 aliphatic carbocycles. The minimum absolute atomic E-state index is 0.430. The van der Waals surface area contributed by atoms with Crippen molar-refractivity contribution in [2.24, 2.45) is 0 Å². The van der Waals surface area contributed by atoms with Crippen LogP contribution in [0.15, 0.2) is 30.7 Å². The highest BCUT2D eigenvalue weighted by Gasteiger charge is 2.24. The van der Waals surface area contributed by atoms with Crippen molar-refractivity contribution < 1.29 is 0 Å². The molecule has 0 saturated carbocycles. The molecule has 1 fully saturated rings. The lowest BCUT2D eigenvalue weighted by atomic mass is 10.0. The molecule has 0 aromatic carbocycles. The van der Waals surface area contributed by atoms with E-state index in [1.807, 2.05) is 18.6 Å². The van der Waals surface area contributed by atoms with Gasteiger partial charge in [-0.2, -0.15) is 0 Å². The van der Waals surface area contributed by atoms with Crippen molar-refractivity contribution in [1.29, 1.82) is 0 Å². The molecule has 3 rings (SSSR count). The number of hydrogen-bond acceptors (Lipinski definition) is 5. The largest absolute Gasteiger partial charge is 0.314 e. The molecule has 3 heterocycles. The molecule has 0 amide bonds. The molecule has 2 aromatic heterocycles. The summed E-state index contributed by atoms with van der Waals surface area (Å²) in [5.41, 5.74) is 1.34. The molecule has 0 radical (unpaired) electrons. The molecule has 0 bridgehead atoms. The fourth-order valence-electron chi connectivity index (χ4n) is 2.53. The van der Waals surface area contributed by atoms with Crippen molar-refractivity contribution in [3.05, 3.63) is 46.2 Å². The third kappa shape index (κ3) is 3.00. The van der Waals surface area contributed by atoms with Crippen LogP contribution in [-0.4, -0.2) is 34.5 Å². The van der Waals surface area contributed by atoms with E-state index in [0.29, 0.717) is 6.04 Å². The Bertz CT molecular complexity index is 525. The van der Waals surface area contributed by atoms with Gasteiger partial charge in [0.25, 0.3) is 0 Å². The van der Waals surface area contributed by atoms with Crippen molar-refractivity contribution in [3.8, 4) is 0 Å². The summed E-state index contributed by atoms with van der Waals surface area (Å²) >= 11 is 1.79. The molecule has 1 saturated heterocycles. The van der Waals surface area contributed by atoms with Crippen LogP contribution in [0, 0.1) is 6.92 Å². The van der Waals surface area contributed by atoms with E-state index in [1.165, 1.54) is 10.4 Å². The van der Waals surface area contributed by atoms with Crippen LogP contribution in [0.1, 0.15) is 21.5 Å². The van der Waals surface area contributed by atoms with E-state index in [2.05, 4.69) is 39.2 Å². The highest BCUT2D eigenvalue weighted by molar-refractivity contribution is 7.11. The van der Waals surface area contributed by atoms with Gasteiger partial charge >= 0.3 is 0 Å². The smallest absolute Gasteiger partial charge is 0.0897 e. The molecular formula is C14H18N4S. The summed E-state index contributed by atoms with van der Waals surface area (Å²) in [6, 6.07) is 4.66. The SMILES string of the molecule is Cc1ncc(CN2CCNCC2c2ccncc2)s1. The van der Waals surface area contributed by atoms with Gasteiger partial charge in [0.05, 0.1) is 5.01 Å². The second-order valence-corrected chi connectivity index (χ2v) is 6.14. The van der Waals surface area contributed by atoms with Gasteiger partial charge in [0.2, 0.25) is 0 Å². The van der Waals surface area contributed by atoms with Crippen molar-refractivity contribution in [2.45, 2.75) is 19.5 Å². The van der Waals surface area contributed by atoms with Gasteiger partial charge in [-0.05, 0) is 24.6 Å². The molecule has 5 heteroatoms. The molecule has 100 valence electrons. The zero-order chi connectivity index (χ0) is 13.1. The molecule has 1 aliphatic heterocycles. The number of rotatable bonds is 3. The summed E-state index contributed by atoms with van der Waals surface area (Å²) in [5, 5.41) is 4.62. The fourth-order valence-corrected chi connectivity index (χ4v) is 3.35. The first-order valence-corrected chi connectivity index (χ1v) is 7.40. The third-order valence-electron chi connectivity index (χ3n) is 3.47. The van der Waals surface area contributed by atoms with Crippen molar-refractivity contribution in [3.63, 3.8) is 0 Å². The monoisotopic (exact) mass is 274 g/mol. The maximum Gasteiger partial charge on any atom is 0.0897 e. The van der Waals surface area contributed by atoms with Gasteiger partial charge in [0, 0.05) is 55.7 Å². The van der Waals surface area contributed by atoms with Gasteiger partial charge < -0.3 is 5.32 Å². The Morgan fingerprint density at radius 1 is 1.42 bits per heavy atom. The predicted molar refractivity (Wildman–Crippen MR) is 77.1 cm³/mol. The number of aryl methyl sites for hydroxylation is 1. The molecule has 1 aliphatic rings. The number of nitrogens with zero attached hydrogens (tertiary/aromatic N) is 3. The van der Waals surface area contributed by atoms with E-state index >= 15 is 0 Å². The second-order valence-electron chi connectivity index (χ2n) is 4.82. The Morgan fingerprint density at radius 3 is 3.00 bits per heavy atom. The number of piperazine rings is 1. The Kier molecular flexibility index (Phi) is 3.87. The topological polar surface area (TPSA) is 41.1 Å². The average Bonchev–Trinajstić information content (AvgIpc) is 2.86. The molecule has 0 spiro atoms. The van der Waals surface area contributed by atoms with E-state index in [9.17, 15) is 0 Å². The fraction of sp³-hybridized carbons (Fsp3) is 0.429. The van der Waals surface area contributed by atoms with Crippen LogP contribution in [0.2, 0.25) is 0 Å². The minimum atomic E-state index is 0.430. The van der Waals surface area contributed by atoms with Gasteiger partial charge in [0.15, 0.2) is 0 Å². The summed E-state index contributed by atoms with van der Waals surface area (Å²) in [5.74, 6) is 0. The van der Waals surface area contributed by atoms with Crippen molar-refractivity contribution in [1.82, 2.24) is 20.2 Å². The highest BCUT2D eigenvalue weighted by atomic mass is 32.1. The highest BCUT2D eigenvalue weighted by Crippen LogP contribution is 2.25. The zero-order valence-corrected chi connectivity index (χ0v) is 11.9. The maximum atomic E-state index is 4.35. The first-order valence-electron chi connectivity index (χ1n) is 6.59. The van der Waals surface area contributed by atoms with Crippen molar-refractivity contribution in [2.75, 3.05) is 19.6 Å². The Labute approximate surface area is 117 Å². The first kappa shape index (κ1) is 12.7. The number of nitrogens with one attached hydrogen (secondary N) is 1. The Balaban J connectivity index is 1.77. The van der Waals surface area contributed by atoms with Crippen LogP contribution in [0.4, 0.5) is 0 Å². The molecule has 2 aromatic rings. The second kappa shape index (κ2) is 5.77. The van der Waals surface area contributed by atoms with Gasteiger partial charge in [-0.15, -0.1) is 11.3 Å². The van der Waals surface area contributed by atoms with Gasteiger partial charge in [-0.1, -0.05) is 0 Å². The lowest BCUT2D eigenvalue weighted by molar-refractivity contribution is 0.155. The quantitative estimate of drug-likeness (QED) is 0.929. The molecule has 19 heavy (non-hydrogen) atoms. The van der Waals surface area contributed by atoms with E-state index in [-0.39, 0.29) is 0 Å². The van der Waals surface area contributed by atoms with Crippen LogP contribution in [0.25, 0.3) is 0 Å². The van der Waals surface area contributed by atoms with Crippen LogP contribution in [0.5, 0.6) is 0 Å². The summed E-state index contributed by atoms with van der Waals surface area (Å²) in [7, 11) is 0. The lowest BCUT2D eigenvalue weighted by Crippen LogP contribution is -2.45. The molecule has 4 nitrogen and oxygen atoms in total. The van der Waals surface area contributed by atoms with Crippen LogP contribution in [0.3, 0.4) is 0 Å². The first-order chi connectivity index (χ1) is 9.33. The molecule has 1 atom stereocenters. The van der Waals surface area contributed by atoms with Crippen LogP contribution >= 0.6 is 11.3 Å². The third-order valence-corrected chi connectivity index (χ3v) is 4.37. The lowest BCUT2D eigenvalue weighted by Gasteiger charge is -2.36. The molecule has 1 N–H and O–H groups in total. The minimum Gasteiger partial charge on any atom is -0.314 e. The predicted octanol–water partition coefficient (Wildman–Crippen LogP) is 1.99. The zero-order valence-electron chi connectivity index (χ0n) is 11.0. The van der Waals surface area contributed by atoms with E-state index in [4.69, 9.17) is 0 Å². The summed E-state index contributed by atoms with van der Waals surface area (Å²) in [4.78, 5) is 12.3. The van der Waals surface area contributed by atoms with Crippen molar-refractivity contribution >= 4 is 11.3 Å².